The van der Waals surface area contributed by atoms with Gasteiger partial charge in [0.05, 0.1) is 48.7 Å². The monoisotopic (exact) mass is 385 g/mol. The number of hydrogen-bond acceptors (Lipinski definition) is 7. The average molecular weight is 386 g/mol. The van der Waals surface area contributed by atoms with E-state index in [1.54, 1.807) is 54.8 Å². The Morgan fingerprint density at radius 2 is 2.04 bits per heavy atom. The van der Waals surface area contributed by atoms with Gasteiger partial charge in [-0.1, -0.05) is 23.7 Å². The summed E-state index contributed by atoms with van der Waals surface area (Å²) >= 11 is 6.31. The molecule has 0 bridgehead atoms. The van der Waals surface area contributed by atoms with Crippen LogP contribution in [-0.4, -0.2) is 39.9 Å². The lowest BCUT2D eigenvalue weighted by atomic mass is 10.2. The first-order chi connectivity index (χ1) is 13.0. The minimum atomic E-state index is -0.570. The Balaban J connectivity index is 1.99. The number of hydrogen-bond donors (Lipinski definition) is 0. The number of nitrogens with zero attached hydrogens (tertiary/aromatic N) is 5. The smallest absolute Gasteiger partial charge is 0.340 e. The normalized spacial score (nSPS) is 10.5. The van der Waals surface area contributed by atoms with E-state index in [0.717, 1.165) is 10.4 Å². The fraction of sp³-hybridized carbons (Fsp3) is 0.167. The maximum Gasteiger partial charge on any atom is 0.340 e. The van der Waals surface area contributed by atoms with Crippen molar-refractivity contribution in [3.8, 4) is 5.69 Å². The molecule has 0 atom stereocenters. The summed E-state index contributed by atoms with van der Waals surface area (Å²) in [5, 5.41) is 4.17. The van der Waals surface area contributed by atoms with Crippen LogP contribution in [0.3, 0.4) is 0 Å². The minimum Gasteiger partial charge on any atom is -0.465 e. The topological polar surface area (TPSA) is 90.2 Å². The molecule has 27 heavy (non-hydrogen) atoms. The van der Waals surface area contributed by atoms with Crippen LogP contribution < -0.4 is 10.5 Å². The Hall–Kier alpha value is -3.26. The molecule has 0 radical (unpaired) electrons. The molecule has 1 aromatic carbocycles. The second-order valence-corrected chi connectivity index (χ2v) is 6.00. The van der Waals surface area contributed by atoms with Gasteiger partial charge in [0, 0.05) is 19.4 Å². The zero-order valence-electron chi connectivity index (χ0n) is 14.7. The number of carbonyl (C=O) groups is 1. The molecule has 3 rings (SSSR count). The number of ether oxygens (including phenoxy) is 1. The van der Waals surface area contributed by atoms with Crippen molar-refractivity contribution in [2.75, 3.05) is 19.1 Å². The van der Waals surface area contributed by atoms with Gasteiger partial charge >= 0.3 is 5.97 Å². The van der Waals surface area contributed by atoms with Crippen molar-refractivity contribution in [2.24, 2.45) is 0 Å². The molecule has 0 spiro atoms. The van der Waals surface area contributed by atoms with Gasteiger partial charge in [-0.25, -0.2) is 4.79 Å². The Bertz CT molecular complexity index is 1020. The van der Waals surface area contributed by atoms with Gasteiger partial charge in [-0.2, -0.15) is 9.78 Å². The number of rotatable bonds is 5. The van der Waals surface area contributed by atoms with Gasteiger partial charge in [0.1, 0.15) is 5.02 Å². The summed E-state index contributed by atoms with van der Waals surface area (Å²) in [6, 6.07) is 6.51. The Kier molecular flexibility index (Phi) is 5.46. The van der Waals surface area contributed by atoms with E-state index in [0.29, 0.717) is 17.9 Å². The number of halogens is 1. The number of para-hydroxylation sites is 1. The summed E-state index contributed by atoms with van der Waals surface area (Å²) in [5.41, 5.74) is 1.12. The fourth-order valence-corrected chi connectivity index (χ4v) is 2.82. The van der Waals surface area contributed by atoms with E-state index >= 15 is 0 Å². The van der Waals surface area contributed by atoms with Crippen LogP contribution in [0.25, 0.3) is 5.69 Å². The molecule has 0 saturated carbocycles. The highest BCUT2D eigenvalue weighted by atomic mass is 35.5. The molecule has 0 unspecified atom stereocenters. The van der Waals surface area contributed by atoms with Crippen LogP contribution in [0.2, 0.25) is 5.02 Å². The number of esters is 1. The third-order valence-corrected chi connectivity index (χ3v) is 4.22. The molecule has 9 heteroatoms. The van der Waals surface area contributed by atoms with E-state index in [-0.39, 0.29) is 10.6 Å². The average Bonchev–Trinajstić information content (AvgIpc) is 2.70. The number of aromatic nitrogens is 4. The second kappa shape index (κ2) is 7.96. The molecule has 2 aromatic heterocycles. The van der Waals surface area contributed by atoms with E-state index in [1.807, 2.05) is 0 Å². The summed E-state index contributed by atoms with van der Waals surface area (Å²) < 4.78 is 5.84. The lowest BCUT2D eigenvalue weighted by molar-refractivity contribution is 0.0600. The van der Waals surface area contributed by atoms with E-state index in [1.165, 1.54) is 13.3 Å². The molecule has 0 saturated heterocycles. The number of anilines is 1. The van der Waals surface area contributed by atoms with Crippen molar-refractivity contribution in [3.05, 3.63) is 75.7 Å². The van der Waals surface area contributed by atoms with Crippen LogP contribution in [0.4, 0.5) is 5.69 Å². The van der Waals surface area contributed by atoms with Gasteiger partial charge in [0.15, 0.2) is 0 Å². The van der Waals surface area contributed by atoms with E-state index in [4.69, 9.17) is 16.3 Å². The van der Waals surface area contributed by atoms with Crippen molar-refractivity contribution < 1.29 is 9.53 Å². The summed E-state index contributed by atoms with van der Waals surface area (Å²) in [7, 11) is 3.04. The van der Waals surface area contributed by atoms with Crippen LogP contribution in [0.5, 0.6) is 0 Å². The fourth-order valence-electron chi connectivity index (χ4n) is 2.54. The Morgan fingerprint density at radius 1 is 1.26 bits per heavy atom. The van der Waals surface area contributed by atoms with E-state index in [2.05, 4.69) is 15.1 Å². The second-order valence-electron chi connectivity index (χ2n) is 5.62. The number of methoxy groups -OCH3 is 1. The van der Waals surface area contributed by atoms with Gasteiger partial charge in [-0.05, 0) is 12.1 Å². The molecule has 0 amide bonds. The largest absolute Gasteiger partial charge is 0.465 e. The first-order valence-electron chi connectivity index (χ1n) is 7.94. The summed E-state index contributed by atoms with van der Waals surface area (Å²) in [5.74, 6) is -0.570. The molecule has 0 aliphatic heterocycles. The van der Waals surface area contributed by atoms with Gasteiger partial charge in [0.2, 0.25) is 0 Å². The molecule has 3 aromatic rings. The van der Waals surface area contributed by atoms with Gasteiger partial charge in [-0.15, -0.1) is 0 Å². The van der Waals surface area contributed by atoms with Crippen molar-refractivity contribution in [2.45, 2.75) is 6.54 Å². The quantitative estimate of drug-likeness (QED) is 0.621. The SMILES string of the molecule is COC(=O)c1ccccc1-n1ncc(N(C)Cc2cnccn2)c(Cl)c1=O. The lowest BCUT2D eigenvalue weighted by Gasteiger charge is -2.20. The first kappa shape index (κ1) is 18.5. The molecule has 0 aliphatic carbocycles. The predicted octanol–water partition coefficient (Wildman–Crippen LogP) is 2.10. The zero-order chi connectivity index (χ0) is 19.4. The predicted molar refractivity (Wildman–Crippen MR) is 100 cm³/mol. The molecule has 0 fully saturated rings. The maximum absolute atomic E-state index is 12.8. The molecule has 2 heterocycles. The van der Waals surface area contributed by atoms with Crippen molar-refractivity contribution in [3.63, 3.8) is 0 Å². The highest BCUT2D eigenvalue weighted by Crippen LogP contribution is 2.22. The molecule has 138 valence electrons. The molecule has 0 aliphatic rings. The summed E-state index contributed by atoms with van der Waals surface area (Å²) in [6.45, 7) is 0.400. The summed E-state index contributed by atoms with van der Waals surface area (Å²) in [4.78, 5) is 34.7. The van der Waals surface area contributed by atoms with Gasteiger partial charge < -0.3 is 9.64 Å². The molecular weight excluding hydrogens is 370 g/mol. The van der Waals surface area contributed by atoms with Crippen molar-refractivity contribution in [1.82, 2.24) is 19.7 Å². The standard InChI is InChI=1S/C18H16ClN5O3/c1-23(11-12-9-20-7-8-21-12)15-10-22-24(17(25)16(15)19)14-6-4-3-5-13(14)18(26)27-2/h3-10H,11H2,1-2H3. The lowest BCUT2D eigenvalue weighted by Crippen LogP contribution is -2.27. The van der Waals surface area contributed by atoms with Crippen LogP contribution in [-0.2, 0) is 11.3 Å². The minimum absolute atomic E-state index is 0.0175. The van der Waals surface area contributed by atoms with Crippen molar-refractivity contribution in [1.29, 1.82) is 0 Å². The maximum atomic E-state index is 12.8. The van der Waals surface area contributed by atoms with Gasteiger partial charge in [-0.3, -0.25) is 14.8 Å². The van der Waals surface area contributed by atoms with Crippen LogP contribution >= 0.6 is 11.6 Å². The zero-order valence-corrected chi connectivity index (χ0v) is 15.4. The van der Waals surface area contributed by atoms with E-state index in [9.17, 15) is 9.59 Å². The van der Waals surface area contributed by atoms with Crippen molar-refractivity contribution >= 4 is 23.3 Å². The molecular formula is C18H16ClN5O3. The highest BCUT2D eigenvalue weighted by molar-refractivity contribution is 6.33. The third-order valence-electron chi connectivity index (χ3n) is 3.87. The molecule has 8 nitrogen and oxygen atoms in total. The third kappa shape index (κ3) is 3.80. The first-order valence-corrected chi connectivity index (χ1v) is 8.32. The van der Waals surface area contributed by atoms with Crippen LogP contribution in [0.15, 0.2) is 53.8 Å². The van der Waals surface area contributed by atoms with Crippen LogP contribution in [0, 0.1) is 0 Å². The Labute approximate surface area is 160 Å². The molecule has 0 N–H and O–H groups in total. The van der Waals surface area contributed by atoms with E-state index < -0.39 is 11.5 Å². The highest BCUT2D eigenvalue weighted by Gasteiger charge is 2.18. The van der Waals surface area contributed by atoms with Gasteiger partial charge in [0.25, 0.3) is 5.56 Å². The van der Waals surface area contributed by atoms with Crippen LogP contribution in [0.1, 0.15) is 16.1 Å². The number of benzene rings is 1. The Morgan fingerprint density at radius 3 is 2.74 bits per heavy atom. The number of carbonyl (C=O) groups excluding carboxylic acids is 1. The summed E-state index contributed by atoms with van der Waals surface area (Å²) in [6.07, 6.45) is 6.27.